The normalized spacial score (nSPS) is 33.0. The molecule has 2 saturated heterocycles. The average molecular weight is 284 g/mol. The average Bonchev–Trinajstić information content (AvgIpc) is 2.81. The van der Waals surface area contributed by atoms with Crippen LogP contribution in [0.3, 0.4) is 0 Å². The molecular weight excluding hydrogens is 250 g/mol. The predicted molar refractivity (Wildman–Crippen MR) is 84.8 cm³/mol. The van der Waals surface area contributed by atoms with Crippen LogP contribution in [0, 0.1) is 5.92 Å². The van der Waals surface area contributed by atoms with Gasteiger partial charge < -0.3 is 4.43 Å². The first-order valence-electron chi connectivity index (χ1n) is 8.00. The van der Waals surface area contributed by atoms with Crippen LogP contribution in [-0.2, 0) is 4.43 Å². The molecule has 0 N–H and O–H groups in total. The summed E-state index contributed by atoms with van der Waals surface area (Å²) in [6.45, 7) is 19.3. The van der Waals surface area contributed by atoms with Gasteiger partial charge in [-0.25, -0.2) is 0 Å². The molecule has 2 fully saturated rings. The van der Waals surface area contributed by atoms with Gasteiger partial charge in [0, 0.05) is 13.1 Å². The highest BCUT2D eigenvalue weighted by molar-refractivity contribution is 6.80. The fourth-order valence-electron chi connectivity index (χ4n) is 4.45. The molecule has 2 nitrogen and oxygen atoms in total. The minimum absolute atomic E-state index is 0.313. The van der Waals surface area contributed by atoms with Gasteiger partial charge in [0.25, 0.3) is 0 Å². The monoisotopic (exact) mass is 283 g/mol. The first kappa shape index (κ1) is 15.5. The Bertz CT molecular complexity index is 309. The molecule has 0 bridgehead atoms. The van der Waals surface area contributed by atoms with E-state index in [9.17, 15) is 0 Å². The standard InChI is InChI=1S/C16H33NOSi/c1-13-12-19(15(2,3)4,16(5,6)7)18-14(13)17-10-8-9-11-17/h13-14H,8-12H2,1-7H3/t13-,14-/m1/s1. The quantitative estimate of drug-likeness (QED) is 0.651. The maximum atomic E-state index is 6.94. The Morgan fingerprint density at radius 2 is 1.42 bits per heavy atom. The highest BCUT2D eigenvalue weighted by atomic mass is 28.4. The Kier molecular flexibility index (Phi) is 3.96. The van der Waals surface area contributed by atoms with Gasteiger partial charge in [0.2, 0.25) is 8.32 Å². The Morgan fingerprint density at radius 1 is 0.947 bits per heavy atom. The SMILES string of the molecule is C[C@@H]1C[Si](C(C)(C)C)(C(C)(C)C)O[C@H]1N1CCCC1. The van der Waals surface area contributed by atoms with Crippen molar-refractivity contribution in [3.05, 3.63) is 0 Å². The number of rotatable bonds is 1. The van der Waals surface area contributed by atoms with Crippen LogP contribution in [0.25, 0.3) is 0 Å². The number of likely N-dealkylation sites (tertiary alicyclic amines) is 1. The third-order valence-electron chi connectivity index (χ3n) is 5.34. The van der Waals surface area contributed by atoms with Gasteiger partial charge in [-0.15, -0.1) is 0 Å². The summed E-state index contributed by atoms with van der Waals surface area (Å²) in [4.78, 5) is 2.61. The lowest BCUT2D eigenvalue weighted by Crippen LogP contribution is -2.53. The van der Waals surface area contributed by atoms with Gasteiger partial charge in [-0.3, -0.25) is 4.90 Å². The molecule has 2 aliphatic heterocycles. The Labute approximate surface area is 121 Å². The lowest BCUT2D eigenvalue weighted by Gasteiger charge is -2.48. The van der Waals surface area contributed by atoms with Crippen molar-refractivity contribution in [3.63, 3.8) is 0 Å². The van der Waals surface area contributed by atoms with E-state index in [0.717, 1.165) is 0 Å². The molecule has 0 unspecified atom stereocenters. The summed E-state index contributed by atoms with van der Waals surface area (Å²) in [6.07, 6.45) is 3.10. The second-order valence-corrected chi connectivity index (χ2v) is 14.1. The minimum Gasteiger partial charge on any atom is -0.400 e. The Morgan fingerprint density at radius 3 is 1.79 bits per heavy atom. The molecule has 112 valence electrons. The third kappa shape index (κ3) is 2.54. The van der Waals surface area contributed by atoms with E-state index in [0.29, 0.717) is 22.2 Å². The molecule has 0 aromatic heterocycles. The summed E-state index contributed by atoms with van der Waals surface area (Å²) >= 11 is 0. The topological polar surface area (TPSA) is 12.5 Å². The van der Waals surface area contributed by atoms with Gasteiger partial charge >= 0.3 is 0 Å². The van der Waals surface area contributed by atoms with Gasteiger partial charge in [-0.05, 0) is 34.9 Å². The van der Waals surface area contributed by atoms with Crippen molar-refractivity contribution in [3.8, 4) is 0 Å². The van der Waals surface area contributed by atoms with Gasteiger partial charge in [0.05, 0.1) is 0 Å². The van der Waals surface area contributed by atoms with Crippen molar-refractivity contribution in [2.75, 3.05) is 13.1 Å². The zero-order valence-corrected chi connectivity index (χ0v) is 15.0. The van der Waals surface area contributed by atoms with E-state index in [1.807, 2.05) is 0 Å². The highest BCUT2D eigenvalue weighted by Crippen LogP contribution is 2.59. The smallest absolute Gasteiger partial charge is 0.205 e. The van der Waals surface area contributed by atoms with Crippen molar-refractivity contribution in [1.82, 2.24) is 4.90 Å². The van der Waals surface area contributed by atoms with Crippen LogP contribution in [0.1, 0.15) is 61.3 Å². The summed E-state index contributed by atoms with van der Waals surface area (Å²) in [5, 5.41) is 0.627. The van der Waals surface area contributed by atoms with E-state index in [1.165, 1.54) is 32.0 Å². The second-order valence-electron chi connectivity index (χ2n) is 8.76. The molecule has 0 aliphatic carbocycles. The maximum absolute atomic E-state index is 6.94. The van der Waals surface area contributed by atoms with Crippen molar-refractivity contribution in [2.24, 2.45) is 5.92 Å². The van der Waals surface area contributed by atoms with Crippen LogP contribution in [-0.4, -0.2) is 32.5 Å². The number of nitrogens with zero attached hydrogens (tertiary/aromatic N) is 1. The van der Waals surface area contributed by atoms with Crippen LogP contribution < -0.4 is 0 Å². The van der Waals surface area contributed by atoms with Crippen molar-refractivity contribution < 1.29 is 4.43 Å². The number of hydrogen-bond acceptors (Lipinski definition) is 2. The highest BCUT2D eigenvalue weighted by Gasteiger charge is 2.61. The maximum Gasteiger partial charge on any atom is 0.205 e. The molecule has 2 heterocycles. The van der Waals surface area contributed by atoms with Crippen LogP contribution in [0.15, 0.2) is 0 Å². The first-order chi connectivity index (χ1) is 8.58. The molecule has 2 aliphatic rings. The van der Waals surface area contributed by atoms with E-state index in [2.05, 4.69) is 53.4 Å². The Balaban J connectivity index is 2.28. The van der Waals surface area contributed by atoms with Gasteiger partial charge in [0.1, 0.15) is 6.23 Å². The summed E-state index contributed by atoms with van der Waals surface area (Å²) in [6, 6.07) is 1.32. The largest absolute Gasteiger partial charge is 0.400 e. The molecular formula is C16H33NOSi. The van der Waals surface area contributed by atoms with Crippen LogP contribution in [0.5, 0.6) is 0 Å². The molecule has 0 radical (unpaired) electrons. The zero-order chi connectivity index (χ0) is 14.5. The molecule has 2 atom stereocenters. The van der Waals surface area contributed by atoms with E-state index >= 15 is 0 Å². The first-order valence-corrected chi connectivity index (χ1v) is 10.1. The van der Waals surface area contributed by atoms with Gasteiger partial charge in [0.15, 0.2) is 0 Å². The lowest BCUT2D eigenvalue weighted by molar-refractivity contribution is 0.0192. The summed E-state index contributed by atoms with van der Waals surface area (Å²) in [5.74, 6) is 0.697. The molecule has 3 heteroatoms. The van der Waals surface area contributed by atoms with E-state index in [-0.39, 0.29) is 0 Å². The summed E-state index contributed by atoms with van der Waals surface area (Å²) in [5.41, 5.74) is 0. The summed E-state index contributed by atoms with van der Waals surface area (Å²) < 4.78 is 6.94. The molecule has 0 spiro atoms. The summed E-state index contributed by atoms with van der Waals surface area (Å²) in [7, 11) is -1.77. The van der Waals surface area contributed by atoms with Crippen molar-refractivity contribution in [1.29, 1.82) is 0 Å². The molecule has 2 rings (SSSR count). The molecule has 0 aromatic rings. The second kappa shape index (κ2) is 4.85. The third-order valence-corrected chi connectivity index (χ3v) is 12.1. The van der Waals surface area contributed by atoms with Crippen LogP contribution >= 0.6 is 0 Å². The van der Waals surface area contributed by atoms with Crippen molar-refractivity contribution in [2.45, 2.75) is 83.7 Å². The molecule has 19 heavy (non-hydrogen) atoms. The van der Waals surface area contributed by atoms with Gasteiger partial charge in [-0.2, -0.15) is 0 Å². The molecule has 0 aromatic carbocycles. The molecule has 0 saturated carbocycles. The molecule has 0 amide bonds. The Hall–Kier alpha value is 0.137. The van der Waals surface area contributed by atoms with Crippen LogP contribution in [0.4, 0.5) is 0 Å². The van der Waals surface area contributed by atoms with E-state index in [4.69, 9.17) is 4.43 Å². The fraction of sp³-hybridized carbons (Fsp3) is 1.00. The van der Waals surface area contributed by atoms with E-state index < -0.39 is 8.32 Å². The van der Waals surface area contributed by atoms with Crippen LogP contribution in [0.2, 0.25) is 16.1 Å². The van der Waals surface area contributed by atoms with E-state index in [1.54, 1.807) is 0 Å². The van der Waals surface area contributed by atoms with Crippen molar-refractivity contribution >= 4 is 8.32 Å². The zero-order valence-electron chi connectivity index (χ0n) is 14.0. The number of hydrogen-bond donors (Lipinski definition) is 0. The predicted octanol–water partition coefficient (Wildman–Crippen LogP) is 4.62. The fourth-order valence-corrected chi connectivity index (χ4v) is 10.6. The lowest BCUT2D eigenvalue weighted by atomic mass is 10.1. The minimum atomic E-state index is -1.77. The van der Waals surface area contributed by atoms with Gasteiger partial charge in [-0.1, -0.05) is 48.5 Å².